The van der Waals surface area contributed by atoms with Gasteiger partial charge in [0.2, 0.25) is 0 Å². The Balaban J connectivity index is 1.66. The molecule has 7 unspecified atom stereocenters. The number of carbonyl (C=O) groups excluding carboxylic acids is 1. The standard InChI is InChI=1S/C20H32O3/c1-18-11-17(22)16(21)10-12(18)4-5-13-14(18)6-8-19(2)15(13)7-9-20(19,3)23/h12-16,21,23H,4-11H2,1-3H3/t12-,13?,14?,15?,16?,18?,19?,20?/m0/s1. The van der Waals surface area contributed by atoms with E-state index < -0.39 is 11.7 Å². The van der Waals surface area contributed by atoms with E-state index in [9.17, 15) is 15.0 Å². The predicted molar refractivity (Wildman–Crippen MR) is 88.7 cm³/mol. The highest BCUT2D eigenvalue weighted by molar-refractivity contribution is 5.84. The molecule has 0 bridgehead atoms. The summed E-state index contributed by atoms with van der Waals surface area (Å²) < 4.78 is 0. The van der Waals surface area contributed by atoms with Gasteiger partial charge < -0.3 is 10.2 Å². The van der Waals surface area contributed by atoms with Crippen LogP contribution in [-0.2, 0) is 4.79 Å². The van der Waals surface area contributed by atoms with E-state index in [1.807, 2.05) is 6.92 Å². The fourth-order valence-corrected chi connectivity index (χ4v) is 7.34. The van der Waals surface area contributed by atoms with Gasteiger partial charge in [-0.15, -0.1) is 0 Å². The number of fused-ring (bicyclic) bond motifs is 5. The molecule has 0 aromatic heterocycles. The lowest BCUT2D eigenvalue weighted by Crippen LogP contribution is -2.57. The maximum absolute atomic E-state index is 12.2. The van der Waals surface area contributed by atoms with Crippen LogP contribution in [0.4, 0.5) is 0 Å². The van der Waals surface area contributed by atoms with Crippen LogP contribution in [0.1, 0.15) is 72.1 Å². The summed E-state index contributed by atoms with van der Waals surface area (Å²) in [4.78, 5) is 12.2. The molecule has 130 valence electrons. The van der Waals surface area contributed by atoms with Gasteiger partial charge in [0.25, 0.3) is 0 Å². The summed E-state index contributed by atoms with van der Waals surface area (Å²) >= 11 is 0. The van der Waals surface area contributed by atoms with E-state index in [1.54, 1.807) is 0 Å². The molecule has 4 aliphatic carbocycles. The first-order chi connectivity index (χ1) is 10.7. The van der Waals surface area contributed by atoms with Gasteiger partial charge in [-0.25, -0.2) is 0 Å². The molecule has 0 heterocycles. The van der Waals surface area contributed by atoms with Gasteiger partial charge in [-0.05, 0) is 86.4 Å². The molecule has 0 aromatic carbocycles. The third-order valence-corrected chi connectivity index (χ3v) is 9.06. The van der Waals surface area contributed by atoms with Gasteiger partial charge in [0.15, 0.2) is 5.78 Å². The Hall–Kier alpha value is -0.410. The van der Waals surface area contributed by atoms with E-state index in [0.29, 0.717) is 36.5 Å². The van der Waals surface area contributed by atoms with Crippen molar-refractivity contribution < 1.29 is 15.0 Å². The third kappa shape index (κ3) is 1.99. The maximum Gasteiger partial charge on any atom is 0.161 e. The van der Waals surface area contributed by atoms with Gasteiger partial charge in [-0.1, -0.05) is 13.8 Å². The number of rotatable bonds is 0. The minimum Gasteiger partial charge on any atom is -0.390 e. The average Bonchev–Trinajstić information content (AvgIpc) is 2.71. The van der Waals surface area contributed by atoms with Crippen LogP contribution in [0.25, 0.3) is 0 Å². The van der Waals surface area contributed by atoms with E-state index in [0.717, 1.165) is 32.1 Å². The van der Waals surface area contributed by atoms with E-state index in [-0.39, 0.29) is 16.6 Å². The molecule has 3 heteroatoms. The molecule has 23 heavy (non-hydrogen) atoms. The molecule has 4 saturated carbocycles. The molecule has 2 N–H and O–H groups in total. The highest BCUT2D eigenvalue weighted by Gasteiger charge is 2.63. The average molecular weight is 320 g/mol. The number of carbonyl (C=O) groups is 1. The topological polar surface area (TPSA) is 57.5 Å². The van der Waals surface area contributed by atoms with Crippen molar-refractivity contribution in [3.63, 3.8) is 0 Å². The van der Waals surface area contributed by atoms with Crippen molar-refractivity contribution in [1.82, 2.24) is 0 Å². The fourth-order valence-electron chi connectivity index (χ4n) is 7.34. The molecule has 0 aromatic rings. The van der Waals surface area contributed by atoms with Gasteiger partial charge in [-0.2, -0.15) is 0 Å². The summed E-state index contributed by atoms with van der Waals surface area (Å²) in [6.45, 7) is 6.68. The molecule has 4 rings (SSSR count). The van der Waals surface area contributed by atoms with Crippen LogP contribution in [0.15, 0.2) is 0 Å². The van der Waals surface area contributed by atoms with E-state index in [1.165, 1.54) is 6.42 Å². The largest absolute Gasteiger partial charge is 0.390 e. The van der Waals surface area contributed by atoms with Crippen LogP contribution in [0, 0.1) is 34.5 Å². The van der Waals surface area contributed by atoms with Crippen molar-refractivity contribution in [2.45, 2.75) is 83.8 Å². The van der Waals surface area contributed by atoms with Crippen molar-refractivity contribution in [2.24, 2.45) is 34.5 Å². The van der Waals surface area contributed by atoms with E-state index in [2.05, 4.69) is 13.8 Å². The summed E-state index contributed by atoms with van der Waals surface area (Å²) in [5.74, 6) is 2.44. The number of aliphatic hydroxyl groups excluding tert-OH is 1. The van der Waals surface area contributed by atoms with E-state index >= 15 is 0 Å². The van der Waals surface area contributed by atoms with Crippen LogP contribution < -0.4 is 0 Å². The number of hydrogen-bond donors (Lipinski definition) is 2. The van der Waals surface area contributed by atoms with Crippen LogP contribution >= 0.6 is 0 Å². The highest BCUT2D eigenvalue weighted by Crippen LogP contribution is 2.67. The monoisotopic (exact) mass is 320 g/mol. The second-order valence-corrected chi connectivity index (χ2v) is 9.82. The normalized spacial score (nSPS) is 59.2. The molecule has 0 radical (unpaired) electrons. The lowest BCUT2D eigenvalue weighted by Gasteiger charge is -2.61. The zero-order chi connectivity index (χ0) is 16.6. The van der Waals surface area contributed by atoms with Crippen LogP contribution in [0.2, 0.25) is 0 Å². The summed E-state index contributed by atoms with van der Waals surface area (Å²) in [5, 5.41) is 20.9. The quantitative estimate of drug-likeness (QED) is 0.720. The smallest absolute Gasteiger partial charge is 0.161 e. The number of ketones is 1. The maximum atomic E-state index is 12.2. The van der Waals surface area contributed by atoms with Crippen molar-refractivity contribution in [3.05, 3.63) is 0 Å². The number of Topliss-reactive ketones (excluding diaryl/α,β-unsaturated/α-hetero) is 1. The molecule has 8 atom stereocenters. The van der Waals surface area contributed by atoms with Crippen molar-refractivity contribution in [2.75, 3.05) is 0 Å². The lowest BCUT2D eigenvalue weighted by atomic mass is 9.44. The van der Waals surface area contributed by atoms with Gasteiger partial charge in [0, 0.05) is 6.42 Å². The van der Waals surface area contributed by atoms with Gasteiger partial charge in [-0.3, -0.25) is 4.79 Å². The van der Waals surface area contributed by atoms with Gasteiger partial charge in [0.1, 0.15) is 6.10 Å². The first kappa shape index (κ1) is 16.1. The lowest BCUT2D eigenvalue weighted by molar-refractivity contribution is -0.164. The summed E-state index contributed by atoms with van der Waals surface area (Å²) in [5.41, 5.74) is -0.399. The zero-order valence-corrected chi connectivity index (χ0v) is 14.8. The van der Waals surface area contributed by atoms with Crippen molar-refractivity contribution in [3.8, 4) is 0 Å². The van der Waals surface area contributed by atoms with Crippen LogP contribution in [0.5, 0.6) is 0 Å². The van der Waals surface area contributed by atoms with E-state index in [4.69, 9.17) is 0 Å². The van der Waals surface area contributed by atoms with Gasteiger partial charge >= 0.3 is 0 Å². The van der Waals surface area contributed by atoms with Gasteiger partial charge in [0.05, 0.1) is 5.60 Å². The number of aliphatic hydroxyl groups is 2. The third-order valence-electron chi connectivity index (χ3n) is 9.06. The summed E-state index contributed by atoms with van der Waals surface area (Å²) in [6.07, 6.45) is 7.20. The Bertz CT molecular complexity index is 527. The Morgan fingerprint density at radius 1 is 1.00 bits per heavy atom. The Kier molecular flexibility index (Phi) is 3.37. The second-order valence-electron chi connectivity index (χ2n) is 9.82. The summed E-state index contributed by atoms with van der Waals surface area (Å²) in [6, 6.07) is 0. The van der Waals surface area contributed by atoms with Crippen molar-refractivity contribution in [1.29, 1.82) is 0 Å². The fraction of sp³-hybridized carbons (Fsp3) is 0.950. The minimum absolute atomic E-state index is 0.0511. The van der Waals surface area contributed by atoms with Crippen LogP contribution in [0.3, 0.4) is 0 Å². The molecule has 0 aliphatic heterocycles. The first-order valence-corrected chi connectivity index (χ1v) is 9.62. The first-order valence-electron chi connectivity index (χ1n) is 9.62. The molecule has 4 fully saturated rings. The zero-order valence-electron chi connectivity index (χ0n) is 14.8. The molecule has 0 spiro atoms. The Morgan fingerprint density at radius 3 is 2.43 bits per heavy atom. The highest BCUT2D eigenvalue weighted by atomic mass is 16.3. The SMILES string of the molecule is CC12CC(=O)C(O)C[C@@H]1CCC1C2CCC2(C)C1CCC2(C)O. The van der Waals surface area contributed by atoms with Crippen molar-refractivity contribution >= 4 is 5.78 Å². The summed E-state index contributed by atoms with van der Waals surface area (Å²) in [7, 11) is 0. The molecule has 4 aliphatic rings. The molecule has 0 saturated heterocycles. The Morgan fingerprint density at radius 2 is 1.70 bits per heavy atom. The second kappa shape index (κ2) is 4.82. The minimum atomic E-state index is -0.717. The molecular weight excluding hydrogens is 288 g/mol. The molecular formula is C20H32O3. The molecule has 3 nitrogen and oxygen atoms in total. The van der Waals surface area contributed by atoms with Crippen LogP contribution in [-0.4, -0.2) is 27.7 Å². The Labute approximate surface area is 139 Å². The predicted octanol–water partition coefficient (Wildman–Crippen LogP) is 3.32. The molecule has 0 amide bonds. The number of hydrogen-bond acceptors (Lipinski definition) is 3.